The molecule has 27 heavy (non-hydrogen) atoms. The summed E-state index contributed by atoms with van der Waals surface area (Å²) in [6, 6.07) is 0.332. The van der Waals surface area contributed by atoms with Crippen LogP contribution >= 0.6 is 23.1 Å². The van der Waals surface area contributed by atoms with Crippen LogP contribution in [-0.4, -0.2) is 32.5 Å². The summed E-state index contributed by atoms with van der Waals surface area (Å²) in [5.41, 5.74) is 2.35. The molecule has 1 aliphatic rings. The van der Waals surface area contributed by atoms with Crippen LogP contribution in [0.3, 0.4) is 0 Å². The van der Waals surface area contributed by atoms with Gasteiger partial charge in [-0.3, -0.25) is 9.36 Å². The Morgan fingerprint density at radius 3 is 2.70 bits per heavy atom. The van der Waals surface area contributed by atoms with Gasteiger partial charge < -0.3 is 5.32 Å². The second kappa shape index (κ2) is 9.55. The Morgan fingerprint density at radius 1 is 1.33 bits per heavy atom. The Morgan fingerprint density at radius 2 is 2.07 bits per heavy atom. The first-order valence-electron chi connectivity index (χ1n) is 9.61. The minimum absolute atomic E-state index is 0.0872. The SMILES string of the molecule is C=CCn1c(SCC(=O)NC2CCCCCC2)nnc1-c1csc(C)c1C. The molecule has 2 heterocycles. The van der Waals surface area contributed by atoms with Crippen LogP contribution in [-0.2, 0) is 11.3 Å². The fraction of sp³-hybridized carbons (Fsp3) is 0.550. The van der Waals surface area contributed by atoms with E-state index in [1.807, 2.05) is 10.6 Å². The molecule has 1 amide bonds. The number of nitrogens with one attached hydrogen (secondary N) is 1. The van der Waals surface area contributed by atoms with E-state index >= 15 is 0 Å². The number of amides is 1. The third-order valence-corrected chi connectivity index (χ3v) is 7.09. The van der Waals surface area contributed by atoms with Gasteiger partial charge in [0.25, 0.3) is 0 Å². The van der Waals surface area contributed by atoms with Crippen molar-refractivity contribution in [1.82, 2.24) is 20.1 Å². The van der Waals surface area contributed by atoms with E-state index in [1.54, 1.807) is 11.3 Å². The predicted molar refractivity (Wildman–Crippen MR) is 113 cm³/mol. The molecule has 0 bridgehead atoms. The summed E-state index contributed by atoms with van der Waals surface area (Å²) in [4.78, 5) is 13.7. The zero-order valence-corrected chi connectivity index (χ0v) is 17.8. The molecule has 0 saturated heterocycles. The highest BCUT2D eigenvalue weighted by atomic mass is 32.2. The zero-order chi connectivity index (χ0) is 19.2. The highest BCUT2D eigenvalue weighted by molar-refractivity contribution is 7.99. The second-order valence-corrected chi connectivity index (χ2v) is 9.11. The summed E-state index contributed by atoms with van der Waals surface area (Å²) in [6.07, 6.45) is 9.06. The van der Waals surface area contributed by atoms with Crippen LogP contribution in [0.25, 0.3) is 11.4 Å². The number of hydrogen-bond donors (Lipinski definition) is 1. The highest BCUT2D eigenvalue weighted by Gasteiger charge is 2.19. The molecule has 7 heteroatoms. The van der Waals surface area contributed by atoms with Crippen molar-refractivity contribution in [2.75, 3.05) is 5.75 Å². The lowest BCUT2D eigenvalue weighted by molar-refractivity contribution is -0.119. The third-order valence-electron chi connectivity index (χ3n) is 5.11. The number of thioether (sulfide) groups is 1. The molecule has 3 rings (SSSR count). The number of allylic oxidation sites excluding steroid dienone is 1. The van der Waals surface area contributed by atoms with E-state index in [9.17, 15) is 4.79 Å². The van der Waals surface area contributed by atoms with E-state index in [1.165, 1.54) is 47.9 Å². The minimum Gasteiger partial charge on any atom is -0.353 e. The number of hydrogen-bond acceptors (Lipinski definition) is 5. The van der Waals surface area contributed by atoms with Crippen LogP contribution in [0.15, 0.2) is 23.2 Å². The number of carbonyl (C=O) groups is 1. The number of aromatic nitrogens is 3. The van der Waals surface area contributed by atoms with Crippen LogP contribution in [0, 0.1) is 13.8 Å². The minimum atomic E-state index is 0.0872. The van der Waals surface area contributed by atoms with Crippen LogP contribution in [0.4, 0.5) is 0 Å². The van der Waals surface area contributed by atoms with Crippen molar-refractivity contribution in [2.24, 2.45) is 0 Å². The van der Waals surface area contributed by atoms with Gasteiger partial charge in [-0.15, -0.1) is 28.1 Å². The van der Waals surface area contributed by atoms with Gasteiger partial charge in [0, 0.05) is 28.4 Å². The van der Waals surface area contributed by atoms with Gasteiger partial charge in [-0.05, 0) is 32.3 Å². The molecule has 146 valence electrons. The molecule has 0 atom stereocenters. The predicted octanol–water partition coefficient (Wildman–Crippen LogP) is 4.74. The lowest BCUT2D eigenvalue weighted by atomic mass is 10.1. The summed E-state index contributed by atoms with van der Waals surface area (Å²) in [6.45, 7) is 8.71. The number of thiophene rings is 1. The second-order valence-electron chi connectivity index (χ2n) is 7.08. The fourth-order valence-corrected chi connectivity index (χ4v) is 5.07. The molecule has 1 aliphatic carbocycles. The van der Waals surface area contributed by atoms with Gasteiger partial charge in [0.15, 0.2) is 11.0 Å². The first-order valence-corrected chi connectivity index (χ1v) is 11.5. The monoisotopic (exact) mass is 404 g/mol. The summed E-state index contributed by atoms with van der Waals surface area (Å²) >= 11 is 3.17. The first kappa shape index (κ1) is 20.1. The summed E-state index contributed by atoms with van der Waals surface area (Å²) < 4.78 is 2.05. The molecule has 1 saturated carbocycles. The van der Waals surface area contributed by atoms with Crippen LogP contribution in [0.5, 0.6) is 0 Å². The number of nitrogens with zero attached hydrogens (tertiary/aromatic N) is 3. The molecule has 0 aromatic carbocycles. The Kier molecular flexibility index (Phi) is 7.13. The molecule has 0 unspecified atom stereocenters. The van der Waals surface area contributed by atoms with Gasteiger partial charge in [0.2, 0.25) is 5.91 Å². The van der Waals surface area contributed by atoms with Gasteiger partial charge in [-0.25, -0.2) is 0 Å². The van der Waals surface area contributed by atoms with E-state index in [-0.39, 0.29) is 5.91 Å². The van der Waals surface area contributed by atoms with Crippen molar-refractivity contribution in [3.05, 3.63) is 28.5 Å². The molecule has 1 fully saturated rings. The van der Waals surface area contributed by atoms with Crippen molar-refractivity contribution in [3.8, 4) is 11.4 Å². The standard InChI is InChI=1S/C20H28N4OS2/c1-4-11-24-19(17-12-26-15(3)14(17)2)22-23-20(24)27-13-18(25)21-16-9-7-5-6-8-10-16/h4,12,16H,1,5-11,13H2,2-3H3,(H,21,25). The summed E-state index contributed by atoms with van der Waals surface area (Å²) in [5.74, 6) is 1.31. The van der Waals surface area contributed by atoms with Crippen LogP contribution in [0.2, 0.25) is 0 Å². The van der Waals surface area contributed by atoms with E-state index in [0.717, 1.165) is 29.4 Å². The van der Waals surface area contributed by atoms with Gasteiger partial charge in [-0.1, -0.05) is 43.5 Å². The molecule has 2 aromatic rings. The number of aryl methyl sites for hydroxylation is 1. The Hall–Kier alpha value is -1.60. The van der Waals surface area contributed by atoms with E-state index in [4.69, 9.17) is 0 Å². The lowest BCUT2D eigenvalue weighted by Crippen LogP contribution is -2.35. The number of carbonyl (C=O) groups excluding carboxylic acids is 1. The molecule has 0 aliphatic heterocycles. The topological polar surface area (TPSA) is 59.8 Å². The van der Waals surface area contributed by atoms with Crippen LogP contribution < -0.4 is 5.32 Å². The van der Waals surface area contributed by atoms with Crippen molar-refractivity contribution in [2.45, 2.75) is 70.1 Å². The van der Waals surface area contributed by atoms with Crippen molar-refractivity contribution < 1.29 is 4.79 Å². The molecule has 0 spiro atoms. The summed E-state index contributed by atoms with van der Waals surface area (Å²) in [5, 5.41) is 14.8. The fourth-order valence-electron chi connectivity index (χ4n) is 3.45. The Bertz CT molecular complexity index is 788. The van der Waals surface area contributed by atoms with E-state index in [0.29, 0.717) is 18.3 Å². The van der Waals surface area contributed by atoms with E-state index < -0.39 is 0 Å². The molecule has 1 N–H and O–H groups in total. The average Bonchev–Trinajstić information content (AvgIpc) is 3.07. The zero-order valence-electron chi connectivity index (χ0n) is 16.2. The number of rotatable bonds is 7. The van der Waals surface area contributed by atoms with E-state index in [2.05, 4.69) is 41.3 Å². The van der Waals surface area contributed by atoms with Gasteiger partial charge in [-0.2, -0.15) is 0 Å². The maximum Gasteiger partial charge on any atom is 0.230 e. The normalized spacial score (nSPS) is 15.5. The average molecular weight is 405 g/mol. The van der Waals surface area contributed by atoms with Gasteiger partial charge in [0.1, 0.15) is 0 Å². The third kappa shape index (κ3) is 5.02. The molecular weight excluding hydrogens is 376 g/mol. The maximum absolute atomic E-state index is 12.4. The molecule has 2 aromatic heterocycles. The highest BCUT2D eigenvalue weighted by Crippen LogP contribution is 2.31. The Balaban J connectivity index is 1.66. The van der Waals surface area contributed by atoms with Gasteiger partial charge >= 0.3 is 0 Å². The largest absolute Gasteiger partial charge is 0.353 e. The molecule has 5 nitrogen and oxygen atoms in total. The smallest absolute Gasteiger partial charge is 0.230 e. The molecule has 0 radical (unpaired) electrons. The summed E-state index contributed by atoms with van der Waals surface area (Å²) in [7, 11) is 0. The van der Waals surface area contributed by atoms with Crippen molar-refractivity contribution >= 4 is 29.0 Å². The maximum atomic E-state index is 12.4. The Labute approximate surface area is 169 Å². The van der Waals surface area contributed by atoms with Gasteiger partial charge in [0.05, 0.1) is 5.75 Å². The lowest BCUT2D eigenvalue weighted by Gasteiger charge is -2.16. The first-order chi connectivity index (χ1) is 13.1. The molecular formula is C20H28N4OS2. The van der Waals surface area contributed by atoms with Crippen molar-refractivity contribution in [1.29, 1.82) is 0 Å². The van der Waals surface area contributed by atoms with Crippen molar-refractivity contribution in [3.63, 3.8) is 0 Å². The van der Waals surface area contributed by atoms with Crippen LogP contribution in [0.1, 0.15) is 49.0 Å². The quantitative estimate of drug-likeness (QED) is 0.411.